The van der Waals surface area contributed by atoms with E-state index in [1.54, 1.807) is 0 Å². The maximum atomic E-state index is 10.4. The largest absolute Gasteiger partial charge is 0.481 e. The number of nitrogens with zero attached hydrogens (tertiary/aromatic N) is 3. The van der Waals surface area contributed by atoms with Crippen LogP contribution in [0.4, 0.5) is 17.8 Å². The maximum absolute atomic E-state index is 10.4. The van der Waals surface area contributed by atoms with Gasteiger partial charge in [-0.05, 0) is 26.7 Å². The fraction of sp³-hybridized carbons (Fsp3) is 0.692. The minimum atomic E-state index is -0.744. The van der Waals surface area contributed by atoms with E-state index >= 15 is 0 Å². The second kappa shape index (κ2) is 9.73. The van der Waals surface area contributed by atoms with Gasteiger partial charge in [0.2, 0.25) is 17.8 Å². The van der Waals surface area contributed by atoms with E-state index in [-0.39, 0.29) is 6.42 Å². The molecule has 1 rings (SSSR count). The van der Waals surface area contributed by atoms with Crippen molar-refractivity contribution in [2.75, 3.05) is 35.6 Å². The third kappa shape index (κ3) is 7.28. The molecule has 0 aliphatic rings. The van der Waals surface area contributed by atoms with E-state index in [2.05, 4.69) is 30.9 Å². The number of aromatic nitrogens is 3. The van der Waals surface area contributed by atoms with Gasteiger partial charge < -0.3 is 21.1 Å². The van der Waals surface area contributed by atoms with E-state index in [1.165, 1.54) is 0 Å². The van der Waals surface area contributed by atoms with Gasteiger partial charge in [-0.25, -0.2) is 0 Å². The molecule has 8 nitrogen and oxygen atoms in total. The van der Waals surface area contributed by atoms with Crippen LogP contribution in [0, 0.1) is 0 Å². The van der Waals surface area contributed by atoms with Crippen LogP contribution in [0.15, 0.2) is 0 Å². The normalized spacial score (nSPS) is 10.2. The van der Waals surface area contributed by atoms with E-state index in [0.29, 0.717) is 30.8 Å². The molecular formula is C13H24N6O2. The van der Waals surface area contributed by atoms with Crippen LogP contribution >= 0.6 is 0 Å². The number of hydrogen-bond donors (Lipinski definition) is 4. The quantitative estimate of drug-likeness (QED) is 0.457. The molecule has 0 radical (unpaired) electrons. The fourth-order valence-corrected chi connectivity index (χ4v) is 1.71. The highest BCUT2D eigenvalue weighted by molar-refractivity contribution is 5.66. The van der Waals surface area contributed by atoms with Gasteiger partial charge in [-0.15, -0.1) is 0 Å². The van der Waals surface area contributed by atoms with Crippen molar-refractivity contribution in [1.29, 1.82) is 0 Å². The van der Waals surface area contributed by atoms with Gasteiger partial charge in [-0.1, -0.05) is 6.42 Å². The molecule has 0 fully saturated rings. The minimum absolute atomic E-state index is 0.223. The third-order valence-electron chi connectivity index (χ3n) is 2.66. The number of carboxylic acid groups (broad SMARTS) is 1. The highest BCUT2D eigenvalue weighted by Crippen LogP contribution is 2.09. The van der Waals surface area contributed by atoms with Crippen molar-refractivity contribution in [3.63, 3.8) is 0 Å². The summed E-state index contributed by atoms with van der Waals surface area (Å²) in [6.07, 6.45) is 2.66. The van der Waals surface area contributed by atoms with E-state index in [0.717, 1.165) is 25.9 Å². The van der Waals surface area contributed by atoms with Gasteiger partial charge in [0.25, 0.3) is 0 Å². The molecular weight excluding hydrogens is 272 g/mol. The Bertz CT molecular complexity index is 416. The first-order valence-electron chi connectivity index (χ1n) is 7.35. The number of rotatable bonds is 11. The summed E-state index contributed by atoms with van der Waals surface area (Å²) in [6, 6.07) is 0. The monoisotopic (exact) mass is 296 g/mol. The van der Waals surface area contributed by atoms with Gasteiger partial charge in [0.15, 0.2) is 0 Å². The Hall–Kier alpha value is -2.12. The molecule has 0 aliphatic heterocycles. The second-order valence-corrected chi connectivity index (χ2v) is 4.50. The first kappa shape index (κ1) is 16.9. The van der Waals surface area contributed by atoms with E-state index in [1.807, 2.05) is 13.8 Å². The van der Waals surface area contributed by atoms with Gasteiger partial charge in [0.05, 0.1) is 0 Å². The number of hydrogen-bond acceptors (Lipinski definition) is 7. The predicted octanol–water partition coefficient (Wildman–Crippen LogP) is 1.79. The van der Waals surface area contributed by atoms with Crippen LogP contribution in [0.3, 0.4) is 0 Å². The Kier molecular flexibility index (Phi) is 7.85. The SMILES string of the molecule is CCNc1nc(NCC)nc(NCCCCCC(=O)O)n1. The molecule has 0 unspecified atom stereocenters. The Morgan fingerprint density at radius 2 is 1.43 bits per heavy atom. The van der Waals surface area contributed by atoms with Crippen molar-refractivity contribution < 1.29 is 9.90 Å². The standard InChI is InChI=1S/C13H24N6O2/c1-3-14-11-17-12(15-4-2)19-13(18-11)16-9-7-5-6-8-10(20)21/h3-9H2,1-2H3,(H,20,21)(H3,14,15,16,17,18,19). The van der Waals surface area contributed by atoms with Crippen LogP contribution in [-0.2, 0) is 4.79 Å². The number of nitrogens with one attached hydrogen (secondary N) is 3. The van der Waals surface area contributed by atoms with Gasteiger partial charge in [0.1, 0.15) is 0 Å². The summed E-state index contributed by atoms with van der Waals surface area (Å²) in [7, 11) is 0. The highest BCUT2D eigenvalue weighted by Gasteiger charge is 2.05. The average molecular weight is 296 g/mol. The summed E-state index contributed by atoms with van der Waals surface area (Å²) in [5, 5.41) is 17.8. The van der Waals surface area contributed by atoms with Gasteiger partial charge in [-0.2, -0.15) is 15.0 Å². The van der Waals surface area contributed by atoms with Gasteiger partial charge >= 0.3 is 5.97 Å². The molecule has 0 saturated carbocycles. The Morgan fingerprint density at radius 1 is 0.905 bits per heavy atom. The molecule has 1 aromatic heterocycles. The second-order valence-electron chi connectivity index (χ2n) is 4.50. The smallest absolute Gasteiger partial charge is 0.303 e. The van der Waals surface area contributed by atoms with E-state index < -0.39 is 5.97 Å². The molecule has 1 aromatic rings. The van der Waals surface area contributed by atoms with Crippen molar-refractivity contribution in [3.05, 3.63) is 0 Å². The molecule has 8 heteroatoms. The molecule has 0 aromatic carbocycles. The zero-order chi connectivity index (χ0) is 15.5. The summed E-state index contributed by atoms with van der Waals surface area (Å²) >= 11 is 0. The lowest BCUT2D eigenvalue weighted by Crippen LogP contribution is -2.13. The molecule has 0 amide bonds. The number of carbonyl (C=O) groups is 1. The molecule has 21 heavy (non-hydrogen) atoms. The molecule has 0 aliphatic carbocycles. The van der Waals surface area contributed by atoms with Crippen LogP contribution in [0.1, 0.15) is 39.5 Å². The Balaban J connectivity index is 2.43. The number of unbranched alkanes of at least 4 members (excludes halogenated alkanes) is 2. The maximum Gasteiger partial charge on any atom is 0.303 e. The molecule has 0 saturated heterocycles. The van der Waals surface area contributed by atoms with Gasteiger partial charge in [0, 0.05) is 26.1 Å². The Morgan fingerprint density at radius 3 is 1.90 bits per heavy atom. The van der Waals surface area contributed by atoms with Crippen molar-refractivity contribution in [1.82, 2.24) is 15.0 Å². The minimum Gasteiger partial charge on any atom is -0.481 e. The van der Waals surface area contributed by atoms with Crippen LogP contribution in [0.25, 0.3) is 0 Å². The first-order valence-corrected chi connectivity index (χ1v) is 7.35. The highest BCUT2D eigenvalue weighted by atomic mass is 16.4. The first-order chi connectivity index (χ1) is 10.2. The third-order valence-corrected chi connectivity index (χ3v) is 2.66. The van der Waals surface area contributed by atoms with Crippen LogP contribution in [0.5, 0.6) is 0 Å². The summed E-state index contributed by atoms with van der Waals surface area (Å²) in [6.45, 7) is 6.15. The number of aliphatic carboxylic acids is 1. The molecule has 118 valence electrons. The molecule has 0 atom stereocenters. The van der Waals surface area contributed by atoms with E-state index in [9.17, 15) is 4.79 Å². The molecule has 0 bridgehead atoms. The van der Waals surface area contributed by atoms with Gasteiger partial charge in [-0.3, -0.25) is 4.79 Å². The lowest BCUT2D eigenvalue weighted by molar-refractivity contribution is -0.137. The van der Waals surface area contributed by atoms with Crippen LogP contribution in [0.2, 0.25) is 0 Å². The van der Waals surface area contributed by atoms with E-state index in [4.69, 9.17) is 5.11 Å². The average Bonchev–Trinajstić information content (AvgIpc) is 2.43. The van der Waals surface area contributed by atoms with Crippen molar-refractivity contribution in [3.8, 4) is 0 Å². The molecule has 0 spiro atoms. The molecule has 1 heterocycles. The topological polar surface area (TPSA) is 112 Å². The summed E-state index contributed by atoms with van der Waals surface area (Å²) < 4.78 is 0. The predicted molar refractivity (Wildman–Crippen MR) is 82.7 cm³/mol. The summed E-state index contributed by atoms with van der Waals surface area (Å²) in [4.78, 5) is 23.2. The van der Waals surface area contributed by atoms with Crippen molar-refractivity contribution in [2.45, 2.75) is 39.5 Å². The summed E-state index contributed by atoms with van der Waals surface area (Å²) in [5.41, 5.74) is 0. The zero-order valence-corrected chi connectivity index (χ0v) is 12.6. The lowest BCUT2D eigenvalue weighted by atomic mass is 10.2. The summed E-state index contributed by atoms with van der Waals surface area (Å²) in [5.74, 6) is 0.856. The van der Waals surface area contributed by atoms with Crippen molar-refractivity contribution in [2.24, 2.45) is 0 Å². The van der Waals surface area contributed by atoms with Crippen LogP contribution in [-0.4, -0.2) is 45.7 Å². The number of carboxylic acids is 1. The van der Waals surface area contributed by atoms with Crippen LogP contribution < -0.4 is 16.0 Å². The Labute approximate surface area is 124 Å². The fourth-order valence-electron chi connectivity index (χ4n) is 1.71. The zero-order valence-electron chi connectivity index (χ0n) is 12.6. The molecule has 4 N–H and O–H groups in total. The lowest BCUT2D eigenvalue weighted by Gasteiger charge is -2.09. The number of anilines is 3. The van der Waals surface area contributed by atoms with Crippen molar-refractivity contribution >= 4 is 23.8 Å².